The SMILES string of the molecule is COc1cc(CN2CC[C@@]34OCCN3C(=O)C[C@@H]24)c(Cl)cc1OC(C)C. The highest BCUT2D eigenvalue weighted by Crippen LogP contribution is 2.46. The molecular weight excluding hydrogens is 356 g/mol. The molecule has 1 spiro atoms. The number of nitrogens with zero attached hydrogens (tertiary/aromatic N) is 2. The highest BCUT2D eigenvalue weighted by molar-refractivity contribution is 6.31. The lowest BCUT2D eigenvalue weighted by Crippen LogP contribution is -2.47. The van der Waals surface area contributed by atoms with Crippen LogP contribution >= 0.6 is 11.6 Å². The van der Waals surface area contributed by atoms with Crippen molar-refractivity contribution in [1.82, 2.24) is 9.80 Å². The Morgan fingerprint density at radius 1 is 1.35 bits per heavy atom. The van der Waals surface area contributed by atoms with Gasteiger partial charge in [-0.15, -0.1) is 0 Å². The predicted octanol–water partition coefficient (Wildman–Crippen LogP) is 2.67. The van der Waals surface area contributed by atoms with E-state index in [2.05, 4.69) is 4.90 Å². The fourth-order valence-electron chi connectivity index (χ4n) is 4.49. The van der Waals surface area contributed by atoms with E-state index in [9.17, 15) is 4.79 Å². The Kier molecular flexibility index (Phi) is 4.53. The van der Waals surface area contributed by atoms with E-state index in [4.69, 9.17) is 25.8 Å². The first-order valence-corrected chi connectivity index (χ1v) is 9.54. The third-order valence-corrected chi connectivity index (χ3v) is 5.93. The molecule has 6 nitrogen and oxygen atoms in total. The Hall–Kier alpha value is -1.50. The minimum Gasteiger partial charge on any atom is -0.493 e. The van der Waals surface area contributed by atoms with Crippen LogP contribution in [0.2, 0.25) is 5.02 Å². The van der Waals surface area contributed by atoms with Crippen LogP contribution < -0.4 is 9.47 Å². The zero-order chi connectivity index (χ0) is 18.5. The maximum Gasteiger partial charge on any atom is 0.226 e. The van der Waals surface area contributed by atoms with Crippen LogP contribution in [-0.2, 0) is 16.1 Å². The molecular formula is C19H25ClN2O4. The minimum atomic E-state index is -0.422. The summed E-state index contributed by atoms with van der Waals surface area (Å²) in [6, 6.07) is 3.85. The second kappa shape index (κ2) is 6.59. The number of amides is 1. The van der Waals surface area contributed by atoms with E-state index in [-0.39, 0.29) is 18.1 Å². The van der Waals surface area contributed by atoms with Crippen molar-refractivity contribution >= 4 is 17.5 Å². The highest BCUT2D eigenvalue weighted by atomic mass is 35.5. The molecule has 3 heterocycles. The van der Waals surface area contributed by atoms with E-state index in [0.29, 0.717) is 42.6 Å². The zero-order valence-corrected chi connectivity index (χ0v) is 16.2. The predicted molar refractivity (Wildman–Crippen MR) is 97.6 cm³/mol. The van der Waals surface area contributed by atoms with Crippen LogP contribution in [0.15, 0.2) is 12.1 Å². The fourth-order valence-corrected chi connectivity index (χ4v) is 4.70. The summed E-state index contributed by atoms with van der Waals surface area (Å²) in [6.45, 7) is 6.82. The van der Waals surface area contributed by atoms with Gasteiger partial charge in [0.25, 0.3) is 0 Å². The van der Waals surface area contributed by atoms with Gasteiger partial charge in [-0.1, -0.05) is 11.6 Å². The molecule has 3 fully saturated rings. The maximum absolute atomic E-state index is 12.3. The Bertz CT molecular complexity index is 726. The second-order valence-electron chi connectivity index (χ2n) is 7.44. The summed E-state index contributed by atoms with van der Waals surface area (Å²) in [7, 11) is 1.63. The minimum absolute atomic E-state index is 0.0410. The number of hydrogen-bond acceptors (Lipinski definition) is 5. The van der Waals surface area contributed by atoms with Crippen LogP contribution in [0.1, 0.15) is 32.3 Å². The topological polar surface area (TPSA) is 51.2 Å². The van der Waals surface area contributed by atoms with Gasteiger partial charge in [0.1, 0.15) is 0 Å². The lowest BCUT2D eigenvalue weighted by molar-refractivity contribution is -0.136. The molecule has 0 radical (unpaired) electrons. The number of rotatable bonds is 5. The number of carbonyl (C=O) groups excluding carboxylic acids is 1. The second-order valence-corrected chi connectivity index (χ2v) is 7.85. The highest BCUT2D eigenvalue weighted by Gasteiger charge is 2.61. The molecule has 0 unspecified atom stereocenters. The van der Waals surface area contributed by atoms with Crippen LogP contribution in [-0.4, -0.2) is 60.4 Å². The molecule has 0 aromatic heterocycles. The van der Waals surface area contributed by atoms with Crippen molar-refractivity contribution in [3.8, 4) is 11.5 Å². The average molecular weight is 381 g/mol. The van der Waals surface area contributed by atoms with Gasteiger partial charge in [0.05, 0.1) is 25.9 Å². The number of likely N-dealkylation sites (tertiary alicyclic amines) is 1. The average Bonchev–Trinajstić information content (AvgIpc) is 3.22. The van der Waals surface area contributed by atoms with Gasteiger partial charge in [-0.05, 0) is 25.5 Å². The Balaban J connectivity index is 1.57. The third-order valence-electron chi connectivity index (χ3n) is 5.58. The summed E-state index contributed by atoms with van der Waals surface area (Å²) in [5.74, 6) is 1.52. The van der Waals surface area contributed by atoms with Crippen molar-refractivity contribution in [2.45, 2.75) is 51.1 Å². The molecule has 2 atom stereocenters. The first-order chi connectivity index (χ1) is 12.4. The number of ether oxygens (including phenoxy) is 3. The van der Waals surface area contributed by atoms with E-state index >= 15 is 0 Å². The van der Waals surface area contributed by atoms with Crippen molar-refractivity contribution in [3.05, 3.63) is 22.7 Å². The molecule has 0 N–H and O–H groups in total. The number of halogens is 1. The Labute approximate surface area is 158 Å². The lowest BCUT2D eigenvalue weighted by atomic mass is 10.1. The molecule has 4 rings (SSSR count). The van der Waals surface area contributed by atoms with E-state index in [1.54, 1.807) is 7.11 Å². The molecule has 3 saturated heterocycles. The standard InChI is InChI=1S/C19H25ClN2O4/c1-12(2)26-16-9-14(20)13(8-15(16)24-3)11-21-5-4-19-17(21)10-18(23)22(19)6-7-25-19/h8-9,12,17H,4-7,10-11H2,1-3H3/t17-,19+/m1/s1. The summed E-state index contributed by atoms with van der Waals surface area (Å²) >= 11 is 6.53. The van der Waals surface area contributed by atoms with E-state index < -0.39 is 5.72 Å². The summed E-state index contributed by atoms with van der Waals surface area (Å²) in [4.78, 5) is 16.6. The monoisotopic (exact) mass is 380 g/mol. The molecule has 1 aromatic carbocycles. The van der Waals surface area contributed by atoms with Gasteiger partial charge in [-0.25, -0.2) is 0 Å². The van der Waals surface area contributed by atoms with Gasteiger partial charge in [0.15, 0.2) is 17.2 Å². The van der Waals surface area contributed by atoms with Gasteiger partial charge >= 0.3 is 0 Å². The largest absolute Gasteiger partial charge is 0.493 e. The van der Waals surface area contributed by atoms with Crippen LogP contribution in [0.5, 0.6) is 11.5 Å². The third kappa shape index (κ3) is 2.75. The summed E-state index contributed by atoms with van der Waals surface area (Å²) in [5.41, 5.74) is 0.550. The van der Waals surface area contributed by atoms with Crippen molar-refractivity contribution in [1.29, 1.82) is 0 Å². The summed E-state index contributed by atoms with van der Waals surface area (Å²) in [6.07, 6.45) is 1.41. The lowest BCUT2D eigenvalue weighted by Gasteiger charge is -2.32. The summed E-state index contributed by atoms with van der Waals surface area (Å²) in [5, 5.41) is 0.649. The molecule has 1 amide bonds. The van der Waals surface area contributed by atoms with Crippen molar-refractivity contribution in [2.24, 2.45) is 0 Å². The first-order valence-electron chi connectivity index (χ1n) is 9.16. The van der Waals surface area contributed by atoms with Gasteiger partial charge in [0, 0.05) is 43.6 Å². The van der Waals surface area contributed by atoms with Crippen molar-refractivity contribution in [3.63, 3.8) is 0 Å². The molecule has 7 heteroatoms. The van der Waals surface area contributed by atoms with Crippen LogP contribution in [0.4, 0.5) is 0 Å². The summed E-state index contributed by atoms with van der Waals surface area (Å²) < 4.78 is 17.3. The molecule has 1 aromatic rings. The molecule has 26 heavy (non-hydrogen) atoms. The Morgan fingerprint density at radius 3 is 2.88 bits per heavy atom. The van der Waals surface area contributed by atoms with Crippen LogP contribution in [0, 0.1) is 0 Å². The maximum atomic E-state index is 12.3. The smallest absolute Gasteiger partial charge is 0.226 e. The molecule has 0 saturated carbocycles. The molecule has 0 aliphatic carbocycles. The number of methoxy groups -OCH3 is 1. The van der Waals surface area contributed by atoms with Crippen LogP contribution in [0.3, 0.4) is 0 Å². The normalized spacial score (nSPS) is 28.0. The number of benzene rings is 1. The van der Waals surface area contributed by atoms with E-state index in [1.165, 1.54) is 0 Å². The first kappa shape index (κ1) is 17.9. The Morgan fingerprint density at radius 2 is 2.15 bits per heavy atom. The van der Waals surface area contributed by atoms with Crippen molar-refractivity contribution in [2.75, 3.05) is 26.8 Å². The van der Waals surface area contributed by atoms with Gasteiger partial charge < -0.3 is 19.1 Å². The quantitative estimate of drug-likeness (QED) is 0.786. The number of carbonyl (C=O) groups is 1. The van der Waals surface area contributed by atoms with Gasteiger partial charge in [-0.3, -0.25) is 9.69 Å². The van der Waals surface area contributed by atoms with E-state index in [1.807, 2.05) is 30.9 Å². The molecule has 142 valence electrons. The number of hydrogen-bond donors (Lipinski definition) is 0. The molecule has 3 aliphatic rings. The fraction of sp³-hybridized carbons (Fsp3) is 0.632. The van der Waals surface area contributed by atoms with Gasteiger partial charge in [0.2, 0.25) is 5.91 Å². The van der Waals surface area contributed by atoms with Crippen LogP contribution in [0.25, 0.3) is 0 Å². The van der Waals surface area contributed by atoms with E-state index in [0.717, 1.165) is 18.5 Å². The molecule has 0 bridgehead atoms. The van der Waals surface area contributed by atoms with Gasteiger partial charge in [-0.2, -0.15) is 0 Å². The zero-order valence-electron chi connectivity index (χ0n) is 15.5. The molecule has 3 aliphatic heterocycles. The van der Waals surface area contributed by atoms with Crippen molar-refractivity contribution < 1.29 is 19.0 Å².